The highest BCUT2D eigenvalue weighted by atomic mass is 32.2. The van der Waals surface area contributed by atoms with Crippen molar-refractivity contribution in [1.82, 2.24) is 14.8 Å². The van der Waals surface area contributed by atoms with E-state index in [4.69, 9.17) is 0 Å². The van der Waals surface area contributed by atoms with E-state index >= 15 is 0 Å². The van der Waals surface area contributed by atoms with Gasteiger partial charge >= 0.3 is 0 Å². The Hall–Kier alpha value is -0.700. The summed E-state index contributed by atoms with van der Waals surface area (Å²) in [4.78, 5) is 21.6. The van der Waals surface area contributed by atoms with Crippen LogP contribution in [0.4, 0.5) is 4.39 Å². The molecular weight excluding hydrogens is 349 g/mol. The third-order valence-electron chi connectivity index (χ3n) is 4.90. The molecule has 1 amide bonds. The molecule has 0 saturated carbocycles. The molecular formula is C16H24FN3O2S2. The molecule has 2 fully saturated rings. The first-order valence-corrected chi connectivity index (χ1v) is 10.3. The summed E-state index contributed by atoms with van der Waals surface area (Å²) in [5.74, 6) is 1.03. The van der Waals surface area contributed by atoms with E-state index in [9.17, 15) is 14.3 Å². The molecule has 0 spiro atoms. The quantitative estimate of drug-likeness (QED) is 0.851. The van der Waals surface area contributed by atoms with E-state index in [0.717, 1.165) is 16.3 Å². The van der Waals surface area contributed by atoms with Crippen LogP contribution in [-0.4, -0.2) is 75.3 Å². The Morgan fingerprint density at radius 3 is 3.04 bits per heavy atom. The van der Waals surface area contributed by atoms with Gasteiger partial charge in [0, 0.05) is 43.4 Å². The van der Waals surface area contributed by atoms with Gasteiger partial charge < -0.3 is 10.0 Å². The van der Waals surface area contributed by atoms with Crippen LogP contribution in [0.15, 0.2) is 5.51 Å². The van der Waals surface area contributed by atoms with E-state index in [0.29, 0.717) is 38.2 Å². The number of aryl methyl sites for hydroxylation is 1. The highest BCUT2D eigenvalue weighted by Gasteiger charge is 2.42. The van der Waals surface area contributed by atoms with Crippen molar-refractivity contribution in [3.8, 4) is 0 Å². The van der Waals surface area contributed by atoms with Gasteiger partial charge in [-0.15, -0.1) is 11.3 Å². The monoisotopic (exact) mass is 373 g/mol. The largest absolute Gasteiger partial charge is 0.379 e. The molecule has 0 unspecified atom stereocenters. The van der Waals surface area contributed by atoms with Crippen molar-refractivity contribution >= 4 is 29.0 Å². The number of amides is 1. The third kappa shape index (κ3) is 3.76. The molecule has 2 saturated heterocycles. The summed E-state index contributed by atoms with van der Waals surface area (Å²) < 4.78 is 14.0. The third-order valence-corrected chi connectivity index (χ3v) is 6.99. The van der Waals surface area contributed by atoms with Crippen LogP contribution >= 0.6 is 23.1 Å². The Morgan fingerprint density at radius 1 is 1.62 bits per heavy atom. The maximum atomic E-state index is 14.0. The molecule has 0 bridgehead atoms. The highest BCUT2D eigenvalue weighted by Crippen LogP contribution is 2.30. The van der Waals surface area contributed by atoms with Gasteiger partial charge in [-0.1, -0.05) is 0 Å². The fourth-order valence-corrected chi connectivity index (χ4v) is 5.48. The van der Waals surface area contributed by atoms with Gasteiger partial charge in [0.25, 0.3) is 5.91 Å². The Bertz CT molecular complexity index is 592. The number of halogens is 1. The molecule has 0 radical (unpaired) electrons. The molecule has 1 aromatic heterocycles. The second-order valence-corrected chi connectivity index (χ2v) is 8.84. The van der Waals surface area contributed by atoms with Gasteiger partial charge in [0.15, 0.2) is 5.60 Å². The van der Waals surface area contributed by atoms with Gasteiger partial charge in [0.1, 0.15) is 6.17 Å². The van der Waals surface area contributed by atoms with Crippen LogP contribution in [0.1, 0.15) is 23.4 Å². The van der Waals surface area contributed by atoms with Gasteiger partial charge in [-0.05, 0) is 25.5 Å². The highest BCUT2D eigenvalue weighted by molar-refractivity contribution is 7.99. The number of alkyl halides is 1. The maximum absolute atomic E-state index is 14.0. The number of aliphatic hydroxyl groups is 1. The second-order valence-electron chi connectivity index (χ2n) is 6.80. The molecule has 1 aromatic rings. The van der Waals surface area contributed by atoms with Crippen LogP contribution in [0.3, 0.4) is 0 Å². The number of rotatable bonds is 5. The molecule has 134 valence electrons. The van der Waals surface area contributed by atoms with Crippen molar-refractivity contribution in [3.63, 3.8) is 0 Å². The molecule has 2 aliphatic heterocycles. The van der Waals surface area contributed by atoms with Crippen molar-refractivity contribution in [2.45, 2.75) is 44.1 Å². The van der Waals surface area contributed by atoms with Gasteiger partial charge in [0.2, 0.25) is 0 Å². The number of carbonyl (C=O) groups excluding carboxylic acids is 1. The number of likely N-dealkylation sites (tertiary alicyclic amines) is 1. The van der Waals surface area contributed by atoms with Crippen molar-refractivity contribution in [1.29, 1.82) is 0 Å². The molecule has 8 heteroatoms. The average Bonchev–Trinajstić information content (AvgIpc) is 3.22. The topological polar surface area (TPSA) is 56.7 Å². The van der Waals surface area contributed by atoms with E-state index in [2.05, 4.69) is 9.88 Å². The van der Waals surface area contributed by atoms with E-state index in [1.807, 2.05) is 12.4 Å². The van der Waals surface area contributed by atoms with Crippen LogP contribution in [-0.2, 0) is 11.3 Å². The van der Waals surface area contributed by atoms with E-state index in [1.54, 1.807) is 35.0 Å². The molecule has 0 aliphatic carbocycles. The molecule has 3 atom stereocenters. The summed E-state index contributed by atoms with van der Waals surface area (Å²) in [6.45, 7) is 3.48. The van der Waals surface area contributed by atoms with Crippen LogP contribution in [0.2, 0.25) is 0 Å². The molecule has 0 aromatic carbocycles. The summed E-state index contributed by atoms with van der Waals surface area (Å²) in [5.41, 5.74) is 1.56. The second kappa shape index (κ2) is 7.27. The smallest absolute Gasteiger partial charge is 0.255 e. The Labute approximate surface area is 150 Å². The van der Waals surface area contributed by atoms with Gasteiger partial charge in [-0.2, -0.15) is 11.8 Å². The summed E-state index contributed by atoms with van der Waals surface area (Å²) >= 11 is 3.19. The molecule has 1 N–H and O–H groups in total. The minimum absolute atomic E-state index is 0.0203. The Morgan fingerprint density at radius 2 is 2.42 bits per heavy atom. The fourth-order valence-electron chi connectivity index (χ4n) is 3.45. The number of carbonyl (C=O) groups is 1. The SMILES string of the molecule is Cc1ncsc1CN1C[C@@H](F)C[C@H]1CN(C)C(=O)[C@@]1(O)CCSC1. The lowest BCUT2D eigenvalue weighted by molar-refractivity contribution is -0.148. The summed E-state index contributed by atoms with van der Waals surface area (Å²) in [6, 6.07) is -0.0203. The number of nitrogens with zero attached hydrogens (tertiary/aromatic N) is 3. The Balaban J connectivity index is 1.63. The molecule has 2 aliphatic rings. The lowest BCUT2D eigenvalue weighted by Crippen LogP contribution is -2.51. The van der Waals surface area contributed by atoms with Crippen LogP contribution in [0, 0.1) is 6.92 Å². The van der Waals surface area contributed by atoms with Crippen molar-refractivity contribution < 1.29 is 14.3 Å². The zero-order valence-corrected chi connectivity index (χ0v) is 15.7. The molecule has 3 heterocycles. The first-order chi connectivity index (χ1) is 11.4. The van der Waals surface area contributed by atoms with E-state index < -0.39 is 11.8 Å². The lowest BCUT2D eigenvalue weighted by atomic mass is 10.0. The number of thioether (sulfide) groups is 1. The number of hydrogen-bond donors (Lipinski definition) is 1. The van der Waals surface area contributed by atoms with E-state index in [-0.39, 0.29) is 11.9 Å². The zero-order valence-electron chi connectivity index (χ0n) is 14.1. The van der Waals surface area contributed by atoms with E-state index in [1.165, 1.54) is 0 Å². The minimum Gasteiger partial charge on any atom is -0.379 e. The fraction of sp³-hybridized carbons (Fsp3) is 0.750. The average molecular weight is 374 g/mol. The summed E-state index contributed by atoms with van der Waals surface area (Å²) in [5, 5.41) is 10.5. The Kier molecular flexibility index (Phi) is 5.48. The van der Waals surface area contributed by atoms with Crippen molar-refractivity contribution in [3.05, 3.63) is 16.1 Å². The van der Waals surface area contributed by atoms with Crippen LogP contribution in [0.5, 0.6) is 0 Å². The standard InChI is InChI=1S/C16H24FN3O2S2/c1-11-14(24-10-18-11)8-20-6-12(17)5-13(20)7-19(2)15(21)16(22)3-4-23-9-16/h10,12-13,22H,3-9H2,1-2H3/t12-,13-,16+/m0/s1. The summed E-state index contributed by atoms with van der Waals surface area (Å²) in [7, 11) is 1.71. The molecule has 5 nitrogen and oxygen atoms in total. The van der Waals surface area contributed by atoms with Gasteiger partial charge in [-0.25, -0.2) is 9.37 Å². The number of likely N-dealkylation sites (N-methyl/N-ethyl adjacent to an activating group) is 1. The number of hydrogen-bond acceptors (Lipinski definition) is 6. The molecule has 24 heavy (non-hydrogen) atoms. The van der Waals surface area contributed by atoms with Crippen molar-refractivity contribution in [2.75, 3.05) is 31.6 Å². The van der Waals surface area contributed by atoms with Gasteiger partial charge in [-0.3, -0.25) is 9.69 Å². The zero-order chi connectivity index (χ0) is 17.3. The minimum atomic E-state index is -1.24. The predicted molar refractivity (Wildman–Crippen MR) is 95.1 cm³/mol. The van der Waals surface area contributed by atoms with Crippen LogP contribution in [0.25, 0.3) is 0 Å². The maximum Gasteiger partial charge on any atom is 0.255 e. The number of aromatic nitrogens is 1. The first kappa shape index (κ1) is 18.1. The predicted octanol–water partition coefficient (Wildman–Crippen LogP) is 1.69. The molecule has 3 rings (SSSR count). The number of thiazole rings is 1. The normalized spacial score (nSPS) is 30.8. The van der Waals surface area contributed by atoms with Crippen LogP contribution < -0.4 is 0 Å². The first-order valence-electron chi connectivity index (χ1n) is 8.22. The lowest BCUT2D eigenvalue weighted by Gasteiger charge is -2.32. The summed E-state index contributed by atoms with van der Waals surface area (Å²) in [6.07, 6.45) is 0.0702. The van der Waals surface area contributed by atoms with Gasteiger partial charge in [0.05, 0.1) is 11.2 Å². The van der Waals surface area contributed by atoms with Crippen molar-refractivity contribution in [2.24, 2.45) is 0 Å².